The molecule has 0 aromatic carbocycles. The van der Waals surface area contributed by atoms with Crippen molar-refractivity contribution in [3.05, 3.63) is 12.2 Å². The molecule has 470 valence electrons. The van der Waals surface area contributed by atoms with Crippen molar-refractivity contribution >= 4 is 11.9 Å². The van der Waals surface area contributed by atoms with Crippen molar-refractivity contribution in [2.75, 3.05) is 13.2 Å². The van der Waals surface area contributed by atoms with E-state index in [0.717, 1.165) is 44.9 Å². The van der Waals surface area contributed by atoms with Crippen LogP contribution in [0.25, 0.3) is 0 Å². The predicted molar refractivity (Wildman–Crippen MR) is 347 cm³/mol. The second-order valence-electron chi connectivity index (χ2n) is 25.3. The van der Waals surface area contributed by atoms with Gasteiger partial charge in [-0.2, -0.15) is 0 Å². The highest BCUT2D eigenvalue weighted by Crippen LogP contribution is 2.19. The summed E-state index contributed by atoms with van der Waals surface area (Å²) in [6, 6.07) is -0.540. The Kier molecular flexibility index (Phi) is 67.9. The Morgan fingerprint density at radius 3 is 0.899 bits per heavy atom. The number of nitrogens with one attached hydrogen (secondary N) is 1. The van der Waals surface area contributed by atoms with Crippen molar-refractivity contribution < 1.29 is 24.5 Å². The molecule has 0 aromatic heterocycles. The van der Waals surface area contributed by atoms with E-state index in [1.165, 1.54) is 340 Å². The molecule has 0 aliphatic rings. The normalized spacial score (nSPS) is 12.5. The molecular formula is C73H143NO5. The number of ether oxygens (including phenoxy) is 1. The topological polar surface area (TPSA) is 95.9 Å². The molecule has 0 rings (SSSR count). The fraction of sp³-hybridized carbons (Fsp3) is 0.945. The lowest BCUT2D eigenvalue weighted by Gasteiger charge is -2.22. The number of aliphatic hydroxyl groups excluding tert-OH is 2. The summed E-state index contributed by atoms with van der Waals surface area (Å²) in [5, 5.41) is 23.4. The smallest absolute Gasteiger partial charge is 0.305 e. The van der Waals surface area contributed by atoms with Crippen molar-refractivity contribution in [2.24, 2.45) is 0 Å². The first-order valence-electron chi connectivity index (χ1n) is 36.4. The van der Waals surface area contributed by atoms with Gasteiger partial charge in [-0.15, -0.1) is 0 Å². The molecule has 0 radical (unpaired) electrons. The van der Waals surface area contributed by atoms with Crippen LogP contribution < -0.4 is 5.32 Å². The fourth-order valence-corrected chi connectivity index (χ4v) is 11.8. The van der Waals surface area contributed by atoms with Crippen LogP contribution in [0.1, 0.15) is 418 Å². The van der Waals surface area contributed by atoms with Gasteiger partial charge in [0.2, 0.25) is 5.91 Å². The van der Waals surface area contributed by atoms with Gasteiger partial charge in [-0.3, -0.25) is 9.59 Å². The minimum absolute atomic E-state index is 0.0144. The third-order valence-electron chi connectivity index (χ3n) is 17.3. The second kappa shape index (κ2) is 69.1. The maximum Gasteiger partial charge on any atom is 0.305 e. The Labute approximate surface area is 495 Å². The van der Waals surface area contributed by atoms with Gasteiger partial charge in [-0.05, 0) is 51.4 Å². The first-order chi connectivity index (χ1) is 39.0. The predicted octanol–water partition coefficient (Wildman–Crippen LogP) is 23.5. The van der Waals surface area contributed by atoms with Crippen LogP contribution in [-0.4, -0.2) is 47.4 Å². The van der Waals surface area contributed by atoms with Crippen molar-refractivity contribution in [1.82, 2.24) is 5.32 Å². The van der Waals surface area contributed by atoms with Crippen LogP contribution in [-0.2, 0) is 14.3 Å². The van der Waals surface area contributed by atoms with E-state index in [1.54, 1.807) is 0 Å². The van der Waals surface area contributed by atoms with E-state index in [4.69, 9.17) is 4.74 Å². The van der Waals surface area contributed by atoms with Crippen molar-refractivity contribution in [3.63, 3.8) is 0 Å². The monoisotopic (exact) mass is 1110 g/mol. The molecule has 0 aromatic rings. The number of amides is 1. The molecule has 0 heterocycles. The Morgan fingerprint density at radius 1 is 0.342 bits per heavy atom. The Morgan fingerprint density at radius 2 is 0.595 bits per heavy atom. The molecule has 0 saturated heterocycles. The largest absolute Gasteiger partial charge is 0.466 e. The van der Waals surface area contributed by atoms with Gasteiger partial charge >= 0.3 is 5.97 Å². The first-order valence-corrected chi connectivity index (χ1v) is 36.4. The van der Waals surface area contributed by atoms with Gasteiger partial charge in [-0.1, -0.05) is 366 Å². The minimum Gasteiger partial charge on any atom is -0.466 e. The van der Waals surface area contributed by atoms with Crippen LogP contribution >= 0.6 is 0 Å². The van der Waals surface area contributed by atoms with Crippen LogP contribution in [0.3, 0.4) is 0 Å². The SMILES string of the molecule is CCCCCCCC/C=C\CCCCCCCCCC(=O)OCCCCCCCCCCCCCCCCCCCCCCCCCCCC(=O)NC(CO)C(O)CCCCCCCCCCCCCCCCCCCCCC. The number of hydrogen-bond acceptors (Lipinski definition) is 5. The van der Waals surface area contributed by atoms with E-state index >= 15 is 0 Å². The molecule has 0 aliphatic heterocycles. The zero-order valence-electron chi connectivity index (χ0n) is 53.9. The van der Waals surface area contributed by atoms with Crippen LogP contribution in [0.2, 0.25) is 0 Å². The summed E-state index contributed by atoms with van der Waals surface area (Å²) < 4.78 is 5.50. The molecule has 0 saturated carbocycles. The Balaban J connectivity index is 3.35. The molecule has 0 aliphatic carbocycles. The van der Waals surface area contributed by atoms with E-state index in [1.807, 2.05) is 0 Å². The lowest BCUT2D eigenvalue weighted by atomic mass is 10.0. The molecule has 1 amide bonds. The zero-order valence-corrected chi connectivity index (χ0v) is 53.9. The number of allylic oxidation sites excluding steroid dienone is 2. The Hall–Kier alpha value is -1.40. The fourth-order valence-electron chi connectivity index (χ4n) is 11.8. The van der Waals surface area contributed by atoms with Crippen molar-refractivity contribution in [2.45, 2.75) is 431 Å². The van der Waals surface area contributed by atoms with Gasteiger partial charge in [0.1, 0.15) is 0 Å². The third kappa shape index (κ3) is 65.6. The average molecular weight is 1110 g/mol. The van der Waals surface area contributed by atoms with E-state index < -0.39 is 12.1 Å². The first kappa shape index (κ1) is 77.6. The van der Waals surface area contributed by atoms with Crippen LogP contribution in [0.15, 0.2) is 12.2 Å². The molecule has 3 N–H and O–H groups in total. The van der Waals surface area contributed by atoms with Gasteiger partial charge in [0.25, 0.3) is 0 Å². The lowest BCUT2D eigenvalue weighted by molar-refractivity contribution is -0.143. The van der Waals surface area contributed by atoms with Crippen LogP contribution in [0.4, 0.5) is 0 Å². The third-order valence-corrected chi connectivity index (χ3v) is 17.3. The van der Waals surface area contributed by atoms with Gasteiger partial charge in [0.15, 0.2) is 0 Å². The highest BCUT2D eigenvalue weighted by molar-refractivity contribution is 5.76. The summed E-state index contributed by atoms with van der Waals surface area (Å²) in [5.41, 5.74) is 0. The molecular weight excluding hydrogens is 971 g/mol. The molecule has 0 spiro atoms. The Bertz CT molecular complexity index is 1190. The maximum atomic E-state index is 12.5. The van der Waals surface area contributed by atoms with E-state index in [9.17, 15) is 19.8 Å². The van der Waals surface area contributed by atoms with Gasteiger partial charge in [0, 0.05) is 12.8 Å². The van der Waals surface area contributed by atoms with E-state index in [-0.39, 0.29) is 18.5 Å². The summed E-state index contributed by atoms with van der Waals surface area (Å²) >= 11 is 0. The molecule has 79 heavy (non-hydrogen) atoms. The van der Waals surface area contributed by atoms with Gasteiger partial charge < -0.3 is 20.3 Å². The summed E-state index contributed by atoms with van der Waals surface area (Å²) in [5.74, 6) is -0.0140. The highest BCUT2D eigenvalue weighted by Gasteiger charge is 2.20. The molecule has 2 unspecified atom stereocenters. The number of carbonyl (C=O) groups is 2. The number of aliphatic hydroxyl groups is 2. The van der Waals surface area contributed by atoms with Gasteiger partial charge in [0.05, 0.1) is 25.4 Å². The van der Waals surface area contributed by atoms with Crippen LogP contribution in [0, 0.1) is 0 Å². The summed E-state index contributed by atoms with van der Waals surface area (Å²) in [6.07, 6.45) is 85.5. The highest BCUT2D eigenvalue weighted by atomic mass is 16.5. The molecule has 2 atom stereocenters. The van der Waals surface area contributed by atoms with Crippen molar-refractivity contribution in [1.29, 1.82) is 0 Å². The zero-order chi connectivity index (χ0) is 57.1. The van der Waals surface area contributed by atoms with Crippen LogP contribution in [0.5, 0.6) is 0 Å². The van der Waals surface area contributed by atoms with Crippen molar-refractivity contribution in [3.8, 4) is 0 Å². The van der Waals surface area contributed by atoms with E-state index in [0.29, 0.717) is 25.9 Å². The molecule has 6 nitrogen and oxygen atoms in total. The number of rotatable bonds is 69. The van der Waals surface area contributed by atoms with Gasteiger partial charge in [-0.25, -0.2) is 0 Å². The number of esters is 1. The average Bonchev–Trinajstić information content (AvgIpc) is 3.45. The molecule has 0 bridgehead atoms. The second-order valence-corrected chi connectivity index (χ2v) is 25.3. The number of hydrogen-bond donors (Lipinski definition) is 3. The summed E-state index contributed by atoms with van der Waals surface area (Å²) in [4.78, 5) is 24.6. The molecule has 6 heteroatoms. The van der Waals surface area contributed by atoms with E-state index in [2.05, 4.69) is 31.3 Å². The summed E-state index contributed by atoms with van der Waals surface area (Å²) in [7, 11) is 0. The quantitative estimate of drug-likeness (QED) is 0.0320. The minimum atomic E-state index is -0.663. The standard InChI is InChI=1S/C73H143NO5/c1-3-5-7-9-11-13-15-17-19-21-22-30-34-37-41-45-49-53-57-61-65-71(76)70(69-75)74-72(77)66-62-58-54-50-46-42-38-35-31-28-26-24-23-25-27-29-32-36-40-44-48-52-56-60-64-68-79-73(78)67-63-59-55-51-47-43-39-33-20-18-16-14-12-10-8-6-4-2/h18,20,70-71,75-76H,3-17,19,21-69H2,1-2H3,(H,74,77)/b20-18-. The number of unbranched alkanes of at least 4 members (excludes halogenated alkanes) is 56. The summed E-state index contributed by atoms with van der Waals surface area (Å²) in [6.45, 7) is 4.99. The lowest BCUT2D eigenvalue weighted by Crippen LogP contribution is -2.45. The number of carbonyl (C=O) groups excluding carboxylic acids is 2. The molecule has 0 fully saturated rings. The maximum absolute atomic E-state index is 12.5.